The average molecular weight is 1390 g/mol. The number of β-amino-alcohol motifs (C(OH)–C–C–N with tert-alkyl or cyclic N) is 1. The molecule has 5 aromatic rings. The number of Topliss-reactive ketones (excluding diaryl/α,β-unsaturated/α-hetero) is 1. The molecule has 0 aliphatic carbocycles. The van der Waals surface area contributed by atoms with Crippen LogP contribution in [0.25, 0.3) is 21.6 Å². The van der Waals surface area contributed by atoms with Gasteiger partial charge < -0.3 is 69.3 Å². The number of hydrogen-bond donors (Lipinski definition) is 5. The number of ketones is 1. The van der Waals surface area contributed by atoms with Crippen molar-refractivity contribution in [2.45, 2.75) is 111 Å². The molecule has 3 aliphatic rings. The summed E-state index contributed by atoms with van der Waals surface area (Å²) in [4.78, 5) is 113. The van der Waals surface area contributed by atoms with E-state index in [2.05, 4.69) is 35.8 Å². The van der Waals surface area contributed by atoms with Crippen molar-refractivity contribution in [1.29, 1.82) is 0 Å². The maximum atomic E-state index is 16.2. The summed E-state index contributed by atoms with van der Waals surface area (Å²) in [7, 11) is 1.96. The molecular weight excluding hydrogens is 1300 g/mol. The Morgan fingerprint density at radius 1 is 0.755 bits per heavy atom. The van der Waals surface area contributed by atoms with Crippen molar-refractivity contribution in [2.24, 2.45) is 11.3 Å². The monoisotopic (exact) mass is 1390 g/mol. The lowest BCUT2D eigenvalue weighted by Crippen LogP contribution is -2.55. The van der Waals surface area contributed by atoms with Crippen LogP contribution < -0.4 is 31.3 Å². The number of carbonyl (C=O) groups excluding carboxylic acids is 6. The molecule has 0 saturated carbocycles. The van der Waals surface area contributed by atoms with Crippen LogP contribution in [-0.2, 0) is 60.4 Å². The molecule has 98 heavy (non-hydrogen) atoms. The minimum Gasteiger partial charge on any atom is -0.391 e. The largest absolute Gasteiger partial charge is 0.417 e. The first-order valence-electron chi connectivity index (χ1n) is 33.1. The molecule has 0 spiro atoms. The molecule has 0 unspecified atom stereocenters. The third-order valence-corrected chi connectivity index (χ3v) is 18.7. The summed E-state index contributed by atoms with van der Waals surface area (Å²) in [5, 5.41) is 18.9. The number of aryl methyl sites for hydroxylation is 1. The number of aromatic amines is 1. The molecule has 29 heteroatoms. The number of amides is 5. The number of pyridine rings is 2. The molecule has 2 aromatic carbocycles. The Hall–Kier alpha value is -7.77. The van der Waals surface area contributed by atoms with Gasteiger partial charge in [-0.25, -0.2) is 14.4 Å². The Morgan fingerprint density at radius 2 is 1.38 bits per heavy atom. The van der Waals surface area contributed by atoms with E-state index in [1.165, 1.54) is 23.2 Å². The van der Waals surface area contributed by atoms with Gasteiger partial charge in [0.2, 0.25) is 29.2 Å². The molecule has 3 saturated heterocycles. The van der Waals surface area contributed by atoms with Crippen LogP contribution in [0.1, 0.15) is 93.9 Å². The standard InChI is InChI=1S/C69H91F4N11O13S/c1-44-40-83(41-45(2)80(44)7)58-36-56(70)52(34-57(58)79-65(90)53-39-76-62(88)35-54(53)69(71,72)73)49-12-13-60(75-38-49)81-18-20-82(21-19-81)63(89)15-14-61(87)74-17-23-94-25-27-96-29-31-97-30-28-95-26-24-93-22-16-50(85)32-55(68(4,5)6)67(92)84-42-51(86)33-59(84)66(91)77-37-47-8-10-48(11-9-47)64-46(3)78-43-98-64/h8-13,34-36,38-39,43-45,51,55,59,86H,14-33,37,40-42H2,1-7H3,(H,74,87)(H,76,88)(H,77,91)(H,79,90)/t44-,45+,51-,55-,59+/m1/s1. The van der Waals surface area contributed by atoms with Gasteiger partial charge in [0.15, 0.2) is 0 Å². The van der Waals surface area contributed by atoms with E-state index in [9.17, 15) is 51.8 Å². The van der Waals surface area contributed by atoms with Crippen LogP contribution >= 0.6 is 11.3 Å². The van der Waals surface area contributed by atoms with E-state index in [1.807, 2.05) is 82.7 Å². The zero-order chi connectivity index (χ0) is 70.7. The second kappa shape index (κ2) is 35.8. The SMILES string of the molecule is Cc1ncsc1-c1ccc(CNC(=O)[C@@H]2C[C@@H](O)CN2C(=O)[C@@H](CC(=O)CCOCCOCCOCCOCCOCCNC(=O)CCC(=O)N2CCN(c3ccc(-c4cc(NC(=O)c5c[nH]c(=O)cc5C(F)(F)F)c(N5C[C@@H](C)N(C)[C@@H](C)C5)cc4F)cn3)CC2)C(C)(C)C)cc1. The van der Waals surface area contributed by atoms with E-state index in [4.69, 9.17) is 23.7 Å². The molecule has 3 aromatic heterocycles. The van der Waals surface area contributed by atoms with Gasteiger partial charge in [-0.15, -0.1) is 11.3 Å². The van der Waals surface area contributed by atoms with Gasteiger partial charge in [0.25, 0.3) is 5.91 Å². The average Bonchev–Trinajstić information content (AvgIpc) is 0.790. The van der Waals surface area contributed by atoms with Crippen LogP contribution in [0.2, 0.25) is 0 Å². The van der Waals surface area contributed by atoms with Crippen molar-refractivity contribution in [3.05, 3.63) is 111 Å². The highest BCUT2D eigenvalue weighted by Crippen LogP contribution is 2.39. The number of aliphatic hydroxyl groups excluding tert-OH is 1. The number of H-pyrrole nitrogens is 1. The van der Waals surface area contributed by atoms with Crippen LogP contribution in [-0.4, -0.2) is 220 Å². The lowest BCUT2D eigenvalue weighted by Gasteiger charge is -2.44. The first kappa shape index (κ1) is 76.0. The van der Waals surface area contributed by atoms with Crippen LogP contribution in [0.5, 0.6) is 0 Å². The van der Waals surface area contributed by atoms with E-state index in [1.54, 1.807) is 33.9 Å². The number of thiazole rings is 1. The third-order valence-electron chi connectivity index (χ3n) is 17.7. The smallest absolute Gasteiger partial charge is 0.391 e. The molecular formula is C69H91F4N11O13S. The van der Waals surface area contributed by atoms with Gasteiger partial charge in [0, 0.05) is 139 Å². The Labute approximate surface area is 572 Å². The van der Waals surface area contributed by atoms with Gasteiger partial charge in [-0.3, -0.25) is 38.5 Å². The van der Waals surface area contributed by atoms with Gasteiger partial charge in [-0.05, 0) is 68.6 Å². The number of rotatable bonds is 33. The molecule has 6 heterocycles. The van der Waals surface area contributed by atoms with Gasteiger partial charge in [0.05, 0.1) is 111 Å². The number of nitrogens with zero attached hydrogens (tertiary/aromatic N) is 7. The van der Waals surface area contributed by atoms with Crippen LogP contribution in [0.3, 0.4) is 0 Å². The summed E-state index contributed by atoms with van der Waals surface area (Å²) >= 11 is 1.56. The summed E-state index contributed by atoms with van der Waals surface area (Å²) in [5.74, 6) is -3.24. The molecule has 3 fully saturated rings. The number of carbonyl (C=O) groups is 6. The summed E-state index contributed by atoms with van der Waals surface area (Å²) in [6.07, 6.45) is -3.49. The Balaban J connectivity index is 0.634. The molecule has 8 rings (SSSR count). The summed E-state index contributed by atoms with van der Waals surface area (Å²) in [6.45, 7) is 17.5. The fraction of sp³-hybridized carbons (Fsp3) is 0.551. The third kappa shape index (κ3) is 21.6. The molecule has 0 radical (unpaired) electrons. The summed E-state index contributed by atoms with van der Waals surface area (Å²) < 4.78 is 86.1. The topological polar surface area (TPSA) is 280 Å². The van der Waals surface area contributed by atoms with E-state index in [-0.39, 0.29) is 130 Å². The zero-order valence-corrected chi connectivity index (χ0v) is 57.5. The summed E-state index contributed by atoms with van der Waals surface area (Å²) in [5.41, 5.74) is 1.57. The van der Waals surface area contributed by atoms with Gasteiger partial charge in [0.1, 0.15) is 23.5 Å². The normalized spacial score (nSPS) is 18.0. The molecule has 534 valence electrons. The molecule has 24 nitrogen and oxygen atoms in total. The van der Waals surface area contributed by atoms with Gasteiger partial charge in [-0.2, -0.15) is 13.2 Å². The number of ether oxygens (including phenoxy) is 5. The Bertz CT molecular complexity index is 3540. The van der Waals surface area contributed by atoms with E-state index in [0.29, 0.717) is 109 Å². The maximum absolute atomic E-state index is 16.2. The highest BCUT2D eigenvalue weighted by molar-refractivity contribution is 7.13. The van der Waals surface area contributed by atoms with Crippen LogP contribution in [0, 0.1) is 24.1 Å². The number of aliphatic hydroxyl groups is 1. The lowest BCUT2D eigenvalue weighted by atomic mass is 9.76. The number of benzene rings is 2. The minimum absolute atomic E-state index is 0.00202. The highest BCUT2D eigenvalue weighted by Gasteiger charge is 2.45. The first-order chi connectivity index (χ1) is 46.7. The Kier molecular flexibility index (Phi) is 27.8. The fourth-order valence-electron chi connectivity index (χ4n) is 11.9. The molecule has 3 aliphatic heterocycles. The van der Waals surface area contributed by atoms with Crippen molar-refractivity contribution in [3.8, 4) is 21.6 Å². The fourth-order valence-corrected chi connectivity index (χ4v) is 12.7. The second-order valence-corrected chi connectivity index (χ2v) is 26.7. The zero-order valence-electron chi connectivity index (χ0n) is 56.7. The van der Waals surface area contributed by atoms with Crippen molar-refractivity contribution < 1.29 is 75.1 Å². The minimum atomic E-state index is -5.00. The van der Waals surface area contributed by atoms with E-state index < -0.39 is 58.1 Å². The number of hydrogen-bond acceptors (Lipinski definition) is 19. The van der Waals surface area contributed by atoms with Crippen molar-refractivity contribution in [3.63, 3.8) is 0 Å². The van der Waals surface area contributed by atoms with Gasteiger partial charge in [-0.1, -0.05) is 45.0 Å². The van der Waals surface area contributed by atoms with Crippen LogP contribution in [0.15, 0.2) is 77.3 Å². The maximum Gasteiger partial charge on any atom is 0.417 e. The predicted octanol–water partition coefficient (Wildman–Crippen LogP) is 6.73. The predicted molar refractivity (Wildman–Crippen MR) is 361 cm³/mol. The van der Waals surface area contributed by atoms with Crippen molar-refractivity contribution in [2.75, 3.05) is 141 Å². The Morgan fingerprint density at radius 3 is 1.97 bits per heavy atom. The molecule has 5 atom stereocenters. The number of halogens is 4. The number of likely N-dealkylation sites (N-methyl/N-ethyl adjacent to an activating group) is 1. The van der Waals surface area contributed by atoms with E-state index in [0.717, 1.165) is 21.7 Å². The van der Waals surface area contributed by atoms with Crippen LogP contribution in [0.4, 0.5) is 34.8 Å². The lowest BCUT2D eigenvalue weighted by molar-refractivity contribution is -0.146. The van der Waals surface area contributed by atoms with Crippen molar-refractivity contribution in [1.82, 2.24) is 40.3 Å². The number of alkyl halides is 3. The quantitative estimate of drug-likeness (QED) is 0.0215. The number of anilines is 3. The molecule has 5 amide bonds. The van der Waals surface area contributed by atoms with Crippen molar-refractivity contribution >= 4 is 63.8 Å². The number of piperazine rings is 2. The number of aromatic nitrogens is 3. The number of nitrogens with one attached hydrogen (secondary N) is 4. The first-order valence-corrected chi connectivity index (χ1v) is 34.0. The second-order valence-electron chi connectivity index (χ2n) is 25.9. The highest BCUT2D eigenvalue weighted by atomic mass is 32.1. The van der Waals surface area contributed by atoms with E-state index >= 15 is 4.39 Å². The summed E-state index contributed by atoms with van der Waals surface area (Å²) in [6, 6.07) is 13.3. The molecule has 0 bridgehead atoms. The molecule has 5 N–H and O–H groups in total. The van der Waals surface area contributed by atoms with Gasteiger partial charge >= 0.3 is 6.18 Å². The number of likely N-dealkylation sites (tertiary alicyclic amines) is 1.